The number of thiophene rings is 1. The first-order valence-corrected chi connectivity index (χ1v) is 9.84. The number of hydrogen-bond donors (Lipinski definition) is 2. The Bertz CT molecular complexity index is 716. The molecule has 1 aromatic heterocycles. The largest absolute Gasteiger partial charge is 0.467 e. The Morgan fingerprint density at radius 1 is 1.43 bits per heavy atom. The molecule has 2 aromatic rings. The summed E-state index contributed by atoms with van der Waals surface area (Å²) in [5, 5.41) is 5.50. The Balaban J connectivity index is 1.68. The average Bonchev–Trinajstić information content (AvgIpc) is 2.99. The van der Waals surface area contributed by atoms with Crippen molar-refractivity contribution in [1.29, 1.82) is 0 Å². The van der Waals surface area contributed by atoms with Crippen LogP contribution in [0.1, 0.15) is 18.1 Å². The molecule has 0 radical (unpaired) electrons. The van der Waals surface area contributed by atoms with E-state index in [2.05, 4.69) is 16.1 Å². The summed E-state index contributed by atoms with van der Waals surface area (Å²) in [5.74, 6) is 0. The Hall–Kier alpha value is -1.28. The van der Waals surface area contributed by atoms with Gasteiger partial charge in [0, 0.05) is 18.7 Å². The Labute approximate surface area is 147 Å². The number of benzene rings is 1. The molecule has 3 rings (SSSR count). The first kappa shape index (κ1) is 16.6. The highest BCUT2D eigenvalue weighted by molar-refractivity contribution is 7.85. The zero-order valence-electron chi connectivity index (χ0n) is 12.7. The molecule has 0 aliphatic carbocycles. The number of ether oxygens (including phenoxy) is 1. The van der Waals surface area contributed by atoms with E-state index in [9.17, 15) is 4.21 Å². The summed E-state index contributed by atoms with van der Waals surface area (Å²) in [6.07, 6.45) is 1.67. The third-order valence-electron chi connectivity index (χ3n) is 3.61. The van der Waals surface area contributed by atoms with Gasteiger partial charge in [0.25, 0.3) is 5.17 Å². The molecule has 1 aliphatic rings. The molecule has 7 heteroatoms. The summed E-state index contributed by atoms with van der Waals surface area (Å²) in [6.45, 7) is 2.67. The molecule has 0 spiro atoms. The molecular formula is C16H18N2O2S3. The van der Waals surface area contributed by atoms with Gasteiger partial charge in [0.05, 0.1) is 0 Å². The third kappa shape index (κ3) is 4.17. The minimum absolute atomic E-state index is 0.0469. The molecule has 0 fully saturated rings. The van der Waals surface area contributed by atoms with Crippen LogP contribution in [-0.4, -0.2) is 22.0 Å². The van der Waals surface area contributed by atoms with Crippen molar-refractivity contribution in [1.82, 2.24) is 4.72 Å². The van der Waals surface area contributed by atoms with Crippen molar-refractivity contribution in [2.75, 3.05) is 11.9 Å². The molecular weight excluding hydrogens is 348 g/mol. The van der Waals surface area contributed by atoms with E-state index in [0.29, 0.717) is 11.7 Å². The standard InChI is InChI=1S/C16H18N2O2S3/c1-11-10-13-12(4-2-5-14(13)18-16(21)20-11)7-8-17-23(19)15-6-3-9-22-15/h2-6,9,11,17H,7-8,10H2,1H3,(H,18,21). The predicted molar refractivity (Wildman–Crippen MR) is 99.3 cm³/mol. The zero-order chi connectivity index (χ0) is 16.2. The van der Waals surface area contributed by atoms with E-state index < -0.39 is 11.0 Å². The number of hydrogen-bond acceptors (Lipinski definition) is 4. The summed E-state index contributed by atoms with van der Waals surface area (Å²) in [7, 11) is -1.14. The van der Waals surface area contributed by atoms with Gasteiger partial charge < -0.3 is 10.1 Å². The molecule has 0 saturated heterocycles. The van der Waals surface area contributed by atoms with Crippen LogP contribution in [0, 0.1) is 0 Å². The second kappa shape index (κ2) is 7.53. The van der Waals surface area contributed by atoms with E-state index in [-0.39, 0.29) is 6.10 Å². The molecule has 2 heterocycles. The lowest BCUT2D eigenvalue weighted by Crippen LogP contribution is -2.20. The van der Waals surface area contributed by atoms with Gasteiger partial charge in [-0.3, -0.25) is 0 Å². The molecule has 0 saturated carbocycles. The quantitative estimate of drug-likeness (QED) is 0.798. The second-order valence-corrected chi connectivity index (χ2v) is 8.18. The van der Waals surface area contributed by atoms with Gasteiger partial charge in [0.1, 0.15) is 21.3 Å². The van der Waals surface area contributed by atoms with Gasteiger partial charge in [-0.15, -0.1) is 11.3 Å². The van der Waals surface area contributed by atoms with Gasteiger partial charge in [-0.2, -0.15) is 0 Å². The van der Waals surface area contributed by atoms with E-state index in [4.69, 9.17) is 17.0 Å². The van der Waals surface area contributed by atoms with Crippen LogP contribution in [0.2, 0.25) is 0 Å². The van der Waals surface area contributed by atoms with Gasteiger partial charge >= 0.3 is 0 Å². The first-order valence-electron chi connectivity index (χ1n) is 7.40. The fraction of sp³-hybridized carbons (Fsp3) is 0.312. The van der Waals surface area contributed by atoms with Crippen LogP contribution in [0.3, 0.4) is 0 Å². The van der Waals surface area contributed by atoms with Crippen LogP contribution in [0.25, 0.3) is 0 Å². The van der Waals surface area contributed by atoms with E-state index >= 15 is 0 Å². The van der Waals surface area contributed by atoms with Crippen molar-refractivity contribution in [3.8, 4) is 0 Å². The predicted octanol–water partition coefficient (Wildman–Crippen LogP) is 3.26. The van der Waals surface area contributed by atoms with Gasteiger partial charge in [-0.05, 0) is 54.2 Å². The van der Waals surface area contributed by atoms with E-state index in [0.717, 1.165) is 22.7 Å². The van der Waals surface area contributed by atoms with Crippen LogP contribution >= 0.6 is 23.6 Å². The molecule has 122 valence electrons. The summed E-state index contributed by atoms with van der Waals surface area (Å²) in [6, 6.07) is 9.93. The molecule has 2 unspecified atom stereocenters. The van der Waals surface area contributed by atoms with Crippen LogP contribution in [0.15, 0.2) is 39.9 Å². The molecule has 0 bridgehead atoms. The van der Waals surface area contributed by atoms with Gasteiger partial charge in [0.2, 0.25) is 0 Å². The van der Waals surface area contributed by atoms with E-state index in [1.165, 1.54) is 22.5 Å². The number of thiocarbonyl (C=S) groups is 1. The Morgan fingerprint density at radius 2 is 2.30 bits per heavy atom. The van der Waals surface area contributed by atoms with E-state index in [1.807, 2.05) is 36.6 Å². The van der Waals surface area contributed by atoms with Gasteiger partial charge in [-0.1, -0.05) is 18.2 Å². The maximum Gasteiger partial charge on any atom is 0.261 e. The highest BCUT2D eigenvalue weighted by atomic mass is 32.2. The summed E-state index contributed by atoms with van der Waals surface area (Å²) in [5.41, 5.74) is 3.46. The maximum absolute atomic E-state index is 12.1. The van der Waals surface area contributed by atoms with Crippen molar-refractivity contribution in [2.45, 2.75) is 30.1 Å². The minimum atomic E-state index is -1.14. The normalized spacial score (nSPS) is 18.5. The summed E-state index contributed by atoms with van der Waals surface area (Å²) in [4.78, 5) is 0. The van der Waals surface area contributed by atoms with Crippen molar-refractivity contribution in [3.05, 3.63) is 46.8 Å². The summed E-state index contributed by atoms with van der Waals surface area (Å²) < 4.78 is 21.6. The molecule has 4 nitrogen and oxygen atoms in total. The lowest BCUT2D eigenvalue weighted by molar-refractivity contribution is 0.217. The Morgan fingerprint density at radius 3 is 3.09 bits per heavy atom. The van der Waals surface area contributed by atoms with Crippen molar-refractivity contribution in [2.24, 2.45) is 0 Å². The first-order chi connectivity index (χ1) is 11.1. The average molecular weight is 367 g/mol. The van der Waals surface area contributed by atoms with Gasteiger partial charge in [-0.25, -0.2) is 8.93 Å². The number of anilines is 1. The van der Waals surface area contributed by atoms with E-state index in [1.54, 1.807) is 0 Å². The molecule has 2 N–H and O–H groups in total. The monoisotopic (exact) mass is 366 g/mol. The van der Waals surface area contributed by atoms with Crippen LogP contribution in [0.4, 0.5) is 5.69 Å². The third-order valence-corrected chi connectivity index (χ3v) is 6.19. The smallest absolute Gasteiger partial charge is 0.261 e. The van der Waals surface area contributed by atoms with Crippen molar-refractivity contribution in [3.63, 3.8) is 0 Å². The number of rotatable bonds is 5. The zero-order valence-corrected chi connectivity index (χ0v) is 15.2. The summed E-state index contributed by atoms with van der Waals surface area (Å²) >= 11 is 6.67. The second-order valence-electron chi connectivity index (χ2n) is 5.33. The maximum atomic E-state index is 12.1. The molecule has 0 amide bonds. The van der Waals surface area contributed by atoms with Crippen LogP contribution < -0.4 is 10.0 Å². The van der Waals surface area contributed by atoms with Crippen molar-refractivity contribution < 1.29 is 8.95 Å². The minimum Gasteiger partial charge on any atom is -0.467 e. The fourth-order valence-corrected chi connectivity index (χ4v) is 4.64. The number of fused-ring (bicyclic) bond motifs is 1. The van der Waals surface area contributed by atoms with Crippen LogP contribution in [-0.2, 0) is 28.6 Å². The van der Waals surface area contributed by atoms with Crippen molar-refractivity contribution >= 4 is 45.4 Å². The molecule has 1 aliphatic heterocycles. The molecule has 1 aromatic carbocycles. The Kier molecular flexibility index (Phi) is 5.42. The topological polar surface area (TPSA) is 50.4 Å². The lowest BCUT2D eigenvalue weighted by atomic mass is 9.98. The SMILES string of the molecule is CC1Cc2c(CCNS(=O)c3cccs3)cccc2NC(=S)O1. The highest BCUT2D eigenvalue weighted by Gasteiger charge is 2.19. The lowest BCUT2D eigenvalue weighted by Gasteiger charge is -2.13. The molecule has 2 atom stereocenters. The fourth-order valence-electron chi connectivity index (χ4n) is 2.60. The van der Waals surface area contributed by atoms with Gasteiger partial charge in [0.15, 0.2) is 0 Å². The van der Waals surface area contributed by atoms with Crippen LogP contribution in [0.5, 0.6) is 0 Å². The highest BCUT2D eigenvalue weighted by Crippen LogP contribution is 2.26. The molecule has 23 heavy (non-hydrogen) atoms. The number of nitrogens with one attached hydrogen (secondary N) is 2.